The molecule has 0 amide bonds. The number of rotatable bonds is 4. The standard InChI is InChI=1S/C11H18N2O/c1-8-4-3-5-9(6-8)11(13-2)10(14)7-12/h3-6,10-11,13-14H,7,12H2,1-2H3. The van der Waals surface area contributed by atoms with Crippen molar-refractivity contribution in [2.75, 3.05) is 13.6 Å². The summed E-state index contributed by atoms with van der Waals surface area (Å²) < 4.78 is 0. The van der Waals surface area contributed by atoms with Crippen LogP contribution in [0.2, 0.25) is 0 Å². The van der Waals surface area contributed by atoms with Crippen LogP contribution in [0.5, 0.6) is 0 Å². The summed E-state index contributed by atoms with van der Waals surface area (Å²) in [7, 11) is 1.83. The summed E-state index contributed by atoms with van der Waals surface area (Å²) in [6, 6.07) is 7.98. The topological polar surface area (TPSA) is 58.3 Å². The molecule has 0 aliphatic rings. The molecule has 0 aromatic heterocycles. The summed E-state index contributed by atoms with van der Waals surface area (Å²) in [4.78, 5) is 0. The maximum Gasteiger partial charge on any atom is 0.0856 e. The van der Waals surface area contributed by atoms with Crippen molar-refractivity contribution in [3.05, 3.63) is 35.4 Å². The molecule has 2 unspecified atom stereocenters. The lowest BCUT2D eigenvalue weighted by molar-refractivity contribution is 0.139. The predicted molar refractivity (Wildman–Crippen MR) is 58.0 cm³/mol. The molecule has 78 valence electrons. The summed E-state index contributed by atoms with van der Waals surface area (Å²) in [5, 5.41) is 12.7. The number of hydrogen-bond donors (Lipinski definition) is 3. The van der Waals surface area contributed by atoms with Gasteiger partial charge in [-0.05, 0) is 19.5 Å². The number of benzene rings is 1. The van der Waals surface area contributed by atoms with Crippen molar-refractivity contribution in [2.45, 2.75) is 19.1 Å². The van der Waals surface area contributed by atoms with Gasteiger partial charge in [0, 0.05) is 6.54 Å². The van der Waals surface area contributed by atoms with Crippen LogP contribution in [0.25, 0.3) is 0 Å². The van der Waals surface area contributed by atoms with Crippen LogP contribution < -0.4 is 11.1 Å². The van der Waals surface area contributed by atoms with Crippen LogP contribution in [0.1, 0.15) is 17.2 Å². The van der Waals surface area contributed by atoms with E-state index in [4.69, 9.17) is 5.73 Å². The SMILES string of the molecule is CNC(c1cccc(C)c1)C(O)CN. The molecular weight excluding hydrogens is 176 g/mol. The van der Waals surface area contributed by atoms with Crippen molar-refractivity contribution in [3.8, 4) is 0 Å². The fraction of sp³-hybridized carbons (Fsp3) is 0.455. The molecule has 3 heteroatoms. The second kappa shape index (κ2) is 5.10. The van der Waals surface area contributed by atoms with Crippen LogP contribution in [-0.2, 0) is 0 Å². The van der Waals surface area contributed by atoms with E-state index >= 15 is 0 Å². The van der Waals surface area contributed by atoms with Crippen LogP contribution in [-0.4, -0.2) is 24.8 Å². The van der Waals surface area contributed by atoms with Crippen LogP contribution in [0.3, 0.4) is 0 Å². The highest BCUT2D eigenvalue weighted by atomic mass is 16.3. The molecule has 14 heavy (non-hydrogen) atoms. The minimum Gasteiger partial charge on any atom is -0.390 e. The van der Waals surface area contributed by atoms with Gasteiger partial charge >= 0.3 is 0 Å². The van der Waals surface area contributed by atoms with Crippen molar-refractivity contribution in [1.29, 1.82) is 0 Å². The Bertz CT molecular complexity index is 288. The van der Waals surface area contributed by atoms with E-state index in [2.05, 4.69) is 11.4 Å². The molecule has 0 bridgehead atoms. The van der Waals surface area contributed by atoms with E-state index in [1.165, 1.54) is 5.56 Å². The Hall–Kier alpha value is -0.900. The maximum atomic E-state index is 9.67. The third kappa shape index (κ3) is 2.54. The number of aliphatic hydroxyl groups excluding tert-OH is 1. The molecule has 1 rings (SSSR count). The van der Waals surface area contributed by atoms with Gasteiger partial charge in [-0.25, -0.2) is 0 Å². The normalized spacial score (nSPS) is 15.1. The van der Waals surface area contributed by atoms with E-state index in [-0.39, 0.29) is 12.6 Å². The molecular formula is C11H18N2O. The third-order valence-electron chi connectivity index (χ3n) is 2.34. The molecule has 0 saturated carbocycles. The van der Waals surface area contributed by atoms with Crippen LogP contribution >= 0.6 is 0 Å². The van der Waals surface area contributed by atoms with Gasteiger partial charge in [0.2, 0.25) is 0 Å². The Morgan fingerprint density at radius 3 is 2.71 bits per heavy atom. The molecule has 0 saturated heterocycles. The Morgan fingerprint density at radius 1 is 1.50 bits per heavy atom. The summed E-state index contributed by atoms with van der Waals surface area (Å²) >= 11 is 0. The van der Waals surface area contributed by atoms with Crippen LogP contribution in [0.15, 0.2) is 24.3 Å². The maximum absolute atomic E-state index is 9.67. The van der Waals surface area contributed by atoms with Crippen molar-refractivity contribution in [1.82, 2.24) is 5.32 Å². The average molecular weight is 194 g/mol. The summed E-state index contributed by atoms with van der Waals surface area (Å²) in [6.07, 6.45) is -0.540. The van der Waals surface area contributed by atoms with Gasteiger partial charge in [0.15, 0.2) is 0 Å². The smallest absolute Gasteiger partial charge is 0.0856 e. The first kappa shape index (κ1) is 11.2. The molecule has 0 aliphatic heterocycles. The summed E-state index contributed by atoms with van der Waals surface area (Å²) in [5.74, 6) is 0. The highest BCUT2D eigenvalue weighted by Gasteiger charge is 2.17. The average Bonchev–Trinajstić information content (AvgIpc) is 2.19. The Labute approximate surface area is 84.9 Å². The van der Waals surface area contributed by atoms with Gasteiger partial charge in [0.25, 0.3) is 0 Å². The van der Waals surface area contributed by atoms with Gasteiger partial charge in [0.05, 0.1) is 12.1 Å². The minimum absolute atomic E-state index is 0.0834. The fourth-order valence-electron chi connectivity index (χ4n) is 1.58. The number of aryl methyl sites for hydroxylation is 1. The first-order valence-corrected chi connectivity index (χ1v) is 4.81. The highest BCUT2D eigenvalue weighted by Crippen LogP contribution is 2.17. The van der Waals surface area contributed by atoms with E-state index in [9.17, 15) is 5.11 Å². The van der Waals surface area contributed by atoms with Crippen LogP contribution in [0.4, 0.5) is 0 Å². The number of nitrogens with two attached hydrogens (primary N) is 1. The second-order valence-electron chi connectivity index (χ2n) is 3.48. The zero-order valence-corrected chi connectivity index (χ0v) is 8.70. The predicted octanol–water partition coefficient (Wildman–Crippen LogP) is 0.575. The van der Waals surface area contributed by atoms with Gasteiger partial charge in [-0.2, -0.15) is 0 Å². The van der Waals surface area contributed by atoms with Gasteiger partial charge in [0.1, 0.15) is 0 Å². The molecule has 0 spiro atoms. The summed E-state index contributed by atoms with van der Waals surface area (Å²) in [5.41, 5.74) is 7.70. The van der Waals surface area contributed by atoms with Gasteiger partial charge in [-0.1, -0.05) is 29.8 Å². The fourth-order valence-corrected chi connectivity index (χ4v) is 1.58. The van der Waals surface area contributed by atoms with E-state index in [1.54, 1.807) is 0 Å². The third-order valence-corrected chi connectivity index (χ3v) is 2.34. The lowest BCUT2D eigenvalue weighted by Crippen LogP contribution is -2.34. The van der Waals surface area contributed by atoms with Crippen molar-refractivity contribution in [2.24, 2.45) is 5.73 Å². The molecule has 1 aromatic rings. The van der Waals surface area contributed by atoms with E-state index in [0.717, 1.165) is 5.56 Å². The van der Waals surface area contributed by atoms with Crippen molar-refractivity contribution in [3.63, 3.8) is 0 Å². The lowest BCUT2D eigenvalue weighted by atomic mass is 10.00. The van der Waals surface area contributed by atoms with Crippen LogP contribution in [0, 0.1) is 6.92 Å². The monoisotopic (exact) mass is 194 g/mol. The summed E-state index contributed by atoms with van der Waals surface area (Å²) in [6.45, 7) is 2.30. The Morgan fingerprint density at radius 2 is 2.21 bits per heavy atom. The molecule has 4 N–H and O–H groups in total. The largest absolute Gasteiger partial charge is 0.390 e. The van der Waals surface area contributed by atoms with Gasteiger partial charge < -0.3 is 16.2 Å². The molecule has 0 heterocycles. The Balaban J connectivity index is 2.89. The number of hydrogen-bond acceptors (Lipinski definition) is 3. The molecule has 0 aliphatic carbocycles. The minimum atomic E-state index is -0.540. The molecule has 0 fully saturated rings. The van der Waals surface area contributed by atoms with Gasteiger partial charge in [-0.3, -0.25) is 0 Å². The zero-order chi connectivity index (χ0) is 10.6. The molecule has 3 nitrogen and oxygen atoms in total. The number of aliphatic hydroxyl groups is 1. The number of likely N-dealkylation sites (N-methyl/N-ethyl adjacent to an activating group) is 1. The van der Waals surface area contributed by atoms with Gasteiger partial charge in [-0.15, -0.1) is 0 Å². The first-order valence-electron chi connectivity index (χ1n) is 4.81. The van der Waals surface area contributed by atoms with Crippen molar-refractivity contribution < 1.29 is 5.11 Å². The highest BCUT2D eigenvalue weighted by molar-refractivity contribution is 5.25. The van der Waals surface area contributed by atoms with E-state index in [1.807, 2.05) is 32.2 Å². The lowest BCUT2D eigenvalue weighted by Gasteiger charge is -2.21. The first-order chi connectivity index (χ1) is 6.69. The molecule has 2 atom stereocenters. The van der Waals surface area contributed by atoms with E-state index < -0.39 is 6.10 Å². The van der Waals surface area contributed by atoms with Crippen molar-refractivity contribution >= 4 is 0 Å². The number of nitrogens with one attached hydrogen (secondary N) is 1. The zero-order valence-electron chi connectivity index (χ0n) is 8.70. The van der Waals surface area contributed by atoms with E-state index in [0.29, 0.717) is 0 Å². The Kier molecular flexibility index (Phi) is 4.07. The second-order valence-corrected chi connectivity index (χ2v) is 3.48. The molecule has 1 aromatic carbocycles. The molecule has 0 radical (unpaired) electrons. The quantitative estimate of drug-likeness (QED) is 0.657.